The van der Waals surface area contributed by atoms with Crippen molar-refractivity contribution in [1.82, 2.24) is 0 Å². The average Bonchev–Trinajstić information content (AvgIpc) is 2.70. The molecule has 0 aliphatic heterocycles. The van der Waals surface area contributed by atoms with Crippen LogP contribution in [0.2, 0.25) is 0 Å². The molecule has 0 spiro atoms. The molecule has 7 nitrogen and oxygen atoms in total. The lowest BCUT2D eigenvalue weighted by Gasteiger charge is -2.25. The Bertz CT molecular complexity index is 532. The van der Waals surface area contributed by atoms with Crippen LogP contribution in [0.3, 0.4) is 0 Å². The second-order valence-corrected chi connectivity index (χ2v) is 9.77. The van der Waals surface area contributed by atoms with E-state index in [2.05, 4.69) is 27.7 Å². The molecule has 1 atom stereocenters. The highest BCUT2D eigenvalue weighted by atomic mass is 16.6. The van der Waals surface area contributed by atoms with Crippen LogP contribution in [0, 0.1) is 17.3 Å². The first-order valence-corrected chi connectivity index (χ1v) is 12.0. The lowest BCUT2D eigenvalue weighted by Crippen LogP contribution is -2.39. The lowest BCUT2D eigenvalue weighted by molar-refractivity contribution is -0.166. The molecule has 0 saturated heterocycles. The number of carbonyl (C=O) groups excluding carboxylic acids is 3. The molecule has 0 fully saturated rings. The summed E-state index contributed by atoms with van der Waals surface area (Å²) in [6.07, 6.45) is 6.43. The van der Waals surface area contributed by atoms with Gasteiger partial charge in [-0.25, -0.2) is 0 Å². The van der Waals surface area contributed by atoms with Gasteiger partial charge in [0.15, 0.2) is 0 Å². The van der Waals surface area contributed by atoms with E-state index in [4.69, 9.17) is 18.9 Å². The van der Waals surface area contributed by atoms with E-state index in [1.54, 1.807) is 6.92 Å². The molecule has 0 aliphatic carbocycles. The first-order chi connectivity index (χ1) is 15.0. The van der Waals surface area contributed by atoms with Crippen LogP contribution in [0.25, 0.3) is 0 Å². The van der Waals surface area contributed by atoms with Crippen LogP contribution in [-0.2, 0) is 33.3 Å². The second kappa shape index (κ2) is 16.9. The summed E-state index contributed by atoms with van der Waals surface area (Å²) in [6, 6.07) is 0. The molecule has 7 heteroatoms. The minimum Gasteiger partial charge on any atom is -0.465 e. The third-order valence-corrected chi connectivity index (χ3v) is 5.24. The van der Waals surface area contributed by atoms with Crippen molar-refractivity contribution in [2.24, 2.45) is 17.3 Å². The lowest BCUT2D eigenvalue weighted by atomic mass is 9.93. The fraction of sp³-hybridized carbons (Fsp3) is 0.880. The summed E-state index contributed by atoms with van der Waals surface area (Å²) in [5.41, 5.74) is -1.04. The van der Waals surface area contributed by atoms with Gasteiger partial charge >= 0.3 is 17.9 Å². The van der Waals surface area contributed by atoms with E-state index in [-0.39, 0.29) is 31.9 Å². The van der Waals surface area contributed by atoms with Gasteiger partial charge in [-0.1, -0.05) is 27.7 Å². The van der Waals surface area contributed by atoms with Crippen molar-refractivity contribution in [2.45, 2.75) is 99.0 Å². The van der Waals surface area contributed by atoms with Gasteiger partial charge in [0, 0.05) is 20.5 Å². The number of methoxy groups -OCH3 is 1. The minimum atomic E-state index is -1.04. The Morgan fingerprint density at radius 1 is 0.812 bits per heavy atom. The molecule has 1 unspecified atom stereocenters. The standard InChI is InChI=1S/C25H46O7/c1-19(2)12-14-22(15-13-20(3)4)32-23(27)11-9-8-10-16-30-24(28)25(6,17-29-7)18-31-21(5)26/h19-20,22H,8-18H2,1-7H3. The molecule has 0 aromatic heterocycles. The van der Waals surface area contributed by atoms with Crippen LogP contribution in [0.1, 0.15) is 92.9 Å². The van der Waals surface area contributed by atoms with Crippen molar-refractivity contribution >= 4 is 17.9 Å². The molecule has 0 saturated carbocycles. The van der Waals surface area contributed by atoms with E-state index in [0.29, 0.717) is 31.1 Å². The molecular formula is C25H46O7. The van der Waals surface area contributed by atoms with Gasteiger partial charge in [-0.3, -0.25) is 14.4 Å². The zero-order valence-electron chi connectivity index (χ0n) is 21.4. The summed E-state index contributed by atoms with van der Waals surface area (Å²) in [7, 11) is 1.48. The van der Waals surface area contributed by atoms with Crippen molar-refractivity contribution in [3.8, 4) is 0 Å². The van der Waals surface area contributed by atoms with Crippen LogP contribution in [0.5, 0.6) is 0 Å². The Hall–Kier alpha value is -1.63. The number of rotatable bonds is 18. The number of hydrogen-bond donors (Lipinski definition) is 0. The largest absolute Gasteiger partial charge is 0.465 e. The van der Waals surface area contributed by atoms with Gasteiger partial charge in [0.25, 0.3) is 0 Å². The monoisotopic (exact) mass is 458 g/mol. The maximum Gasteiger partial charge on any atom is 0.317 e. The third kappa shape index (κ3) is 15.2. The molecule has 0 bridgehead atoms. The van der Waals surface area contributed by atoms with E-state index in [9.17, 15) is 14.4 Å². The highest BCUT2D eigenvalue weighted by molar-refractivity contribution is 5.77. The fourth-order valence-corrected chi connectivity index (χ4v) is 3.17. The van der Waals surface area contributed by atoms with E-state index >= 15 is 0 Å². The number of carbonyl (C=O) groups is 3. The zero-order chi connectivity index (χ0) is 24.6. The average molecular weight is 459 g/mol. The van der Waals surface area contributed by atoms with E-state index in [0.717, 1.165) is 32.1 Å². The summed E-state index contributed by atoms with van der Waals surface area (Å²) in [4.78, 5) is 35.7. The maximum absolute atomic E-state index is 12.4. The van der Waals surface area contributed by atoms with Gasteiger partial charge in [-0.05, 0) is 63.7 Å². The third-order valence-electron chi connectivity index (χ3n) is 5.24. The summed E-state index contributed by atoms with van der Waals surface area (Å²) in [5, 5.41) is 0. The second-order valence-electron chi connectivity index (χ2n) is 9.77. The molecule has 0 amide bonds. The van der Waals surface area contributed by atoms with E-state index in [1.807, 2.05) is 0 Å². The molecular weight excluding hydrogens is 412 g/mol. The molecule has 0 rings (SSSR count). The van der Waals surface area contributed by atoms with Gasteiger partial charge in [0.1, 0.15) is 18.1 Å². The summed E-state index contributed by atoms with van der Waals surface area (Å²) in [5.74, 6) is 0.129. The Kier molecular flexibility index (Phi) is 16.1. The van der Waals surface area contributed by atoms with E-state index < -0.39 is 17.4 Å². The van der Waals surface area contributed by atoms with Crippen molar-refractivity contribution in [1.29, 1.82) is 0 Å². The summed E-state index contributed by atoms with van der Waals surface area (Å²) in [6.45, 7) is 11.9. The number of hydrogen-bond acceptors (Lipinski definition) is 7. The summed E-state index contributed by atoms with van der Waals surface area (Å²) >= 11 is 0. The quantitative estimate of drug-likeness (QED) is 0.161. The van der Waals surface area contributed by atoms with Gasteiger partial charge in [0.05, 0.1) is 13.2 Å². The molecule has 0 aliphatic rings. The van der Waals surface area contributed by atoms with Gasteiger partial charge in [-0.2, -0.15) is 0 Å². The van der Waals surface area contributed by atoms with Gasteiger partial charge in [0.2, 0.25) is 0 Å². The van der Waals surface area contributed by atoms with Crippen LogP contribution in [0.15, 0.2) is 0 Å². The van der Waals surface area contributed by atoms with Crippen LogP contribution >= 0.6 is 0 Å². The van der Waals surface area contributed by atoms with Crippen molar-refractivity contribution in [2.75, 3.05) is 26.9 Å². The first kappa shape index (κ1) is 30.4. The first-order valence-electron chi connectivity index (χ1n) is 12.0. The van der Waals surface area contributed by atoms with Gasteiger partial charge in [-0.15, -0.1) is 0 Å². The smallest absolute Gasteiger partial charge is 0.317 e. The fourth-order valence-electron chi connectivity index (χ4n) is 3.17. The van der Waals surface area contributed by atoms with Crippen molar-refractivity contribution < 1.29 is 33.3 Å². The van der Waals surface area contributed by atoms with Crippen molar-refractivity contribution in [3.05, 3.63) is 0 Å². The van der Waals surface area contributed by atoms with Crippen molar-refractivity contribution in [3.63, 3.8) is 0 Å². The molecule has 0 N–H and O–H groups in total. The molecule has 0 aromatic carbocycles. The maximum atomic E-state index is 12.4. The zero-order valence-corrected chi connectivity index (χ0v) is 21.4. The van der Waals surface area contributed by atoms with Crippen LogP contribution in [-0.4, -0.2) is 50.9 Å². The number of unbranched alkanes of at least 4 members (excludes halogenated alkanes) is 2. The predicted octanol–water partition coefficient (Wildman–Crippen LogP) is 5.09. The minimum absolute atomic E-state index is 0.00365. The van der Waals surface area contributed by atoms with Crippen LogP contribution < -0.4 is 0 Å². The van der Waals surface area contributed by atoms with Crippen LogP contribution in [0.4, 0.5) is 0 Å². The Morgan fingerprint density at radius 2 is 1.41 bits per heavy atom. The van der Waals surface area contributed by atoms with Gasteiger partial charge < -0.3 is 18.9 Å². The molecule has 0 heterocycles. The Balaban J connectivity index is 4.24. The molecule has 188 valence electrons. The number of ether oxygens (including phenoxy) is 4. The predicted molar refractivity (Wildman–Crippen MR) is 124 cm³/mol. The Labute approximate surface area is 194 Å². The highest BCUT2D eigenvalue weighted by Gasteiger charge is 2.36. The Morgan fingerprint density at radius 3 is 1.91 bits per heavy atom. The normalized spacial score (nSPS) is 13.3. The van der Waals surface area contributed by atoms with E-state index in [1.165, 1.54) is 14.0 Å². The molecule has 0 radical (unpaired) electrons. The molecule has 0 aromatic rings. The topological polar surface area (TPSA) is 88.1 Å². The highest BCUT2D eigenvalue weighted by Crippen LogP contribution is 2.21. The molecule has 32 heavy (non-hydrogen) atoms. The summed E-state index contributed by atoms with van der Waals surface area (Å²) < 4.78 is 21.1. The number of esters is 3. The SMILES string of the molecule is COCC(C)(COC(C)=O)C(=O)OCCCCCC(=O)OC(CCC(C)C)CCC(C)C.